The van der Waals surface area contributed by atoms with Gasteiger partial charge >= 0.3 is 0 Å². The number of morpholine rings is 1. The molecule has 2 saturated carbocycles. The molecule has 0 aromatic heterocycles. The van der Waals surface area contributed by atoms with E-state index in [1.165, 1.54) is 90.2 Å². The second kappa shape index (κ2) is 41.7. The van der Waals surface area contributed by atoms with Gasteiger partial charge in [0.15, 0.2) is 0 Å². The summed E-state index contributed by atoms with van der Waals surface area (Å²) in [6, 6.07) is 7.42. The van der Waals surface area contributed by atoms with E-state index < -0.39 is 0 Å². The van der Waals surface area contributed by atoms with Gasteiger partial charge in [0.2, 0.25) is 0 Å². The maximum atomic E-state index is 9.11. The Bertz CT molecular complexity index is 2300. The number of aliphatic hydroxyl groups is 1. The van der Waals surface area contributed by atoms with Crippen molar-refractivity contribution in [3.8, 4) is 0 Å². The third kappa shape index (κ3) is 27.4. The zero-order chi connectivity index (χ0) is 75.5. The zero-order valence-electron chi connectivity index (χ0n) is 69.2. The Morgan fingerprint density at radius 2 is 1.06 bits per heavy atom. The molecule has 13 fully saturated rings. The molecule has 11 heterocycles. The number of hydrogen-bond acceptors (Lipinski definition) is 23. The standard InChI is InChI=1S/C10H19N3O.C10H20N2.C10H22N2.C9H19N3O.C9H18N2O.C8H16N2.C8H18N2.C7H16N2.C7H15NO/c1-8(2)13-4-9(12-14-3)10(7-13)5-11-6-10;1-8(2)12-6-9(3,11)10(7-12)4-5-10;1-8(2)12-6-5-9(7-12)10(3,4)11;1-7(2)12-5-8(4-10)9(6-12)11-13-3;1-7(2)11-5-8-9(6-11)12-4-3-10-8;1-5(2)10-3-6-7(4-10)8(6)9;1-7(2)10-4-3-8(5-9)6-10;1-6(2)9-4-3-7(8)5-9;1-6(2)8-4-3-7(9)5-8/h8,11H,4-7H2,1-3H3;8H,4-7,11H2,1-3H3;8-9H,5-7,11H2,1-4H3;7-8H,4-6,10H2,1-3H3;7-10H,3-6H2,1-2H3;5-8H,3-4,9H2,1-2H3;7-8H,3-6,9H2,1-2H3;6-7H,3-5,8H2,1-2H3;6-7,9H,3-5H2,1-2H3/b12-9+;;;11-9+;;;;;/t;;;;;6-,7+,8?;;;7-/m........1/s1. The molecule has 11 saturated heterocycles. The number of aliphatic hydroxyl groups excluding tert-OH is 1. The molecule has 0 amide bonds. The van der Waals surface area contributed by atoms with Crippen LogP contribution in [0.25, 0.3) is 0 Å². The number of hydrogen-bond donors (Lipinski definition) is 9. The van der Waals surface area contributed by atoms with Crippen LogP contribution in [0.3, 0.4) is 0 Å². The average Bonchev–Trinajstić information content (AvgIpc) is 1.57. The van der Waals surface area contributed by atoms with Crippen molar-refractivity contribution < 1.29 is 19.5 Å². The third-order valence-corrected chi connectivity index (χ3v) is 24.9. The van der Waals surface area contributed by atoms with E-state index in [0.29, 0.717) is 96.4 Å². The summed E-state index contributed by atoms with van der Waals surface area (Å²) in [5.74, 6) is 3.52. The van der Waals surface area contributed by atoms with Crippen molar-refractivity contribution in [1.82, 2.24) is 54.7 Å². The molecule has 13 aliphatic rings. The summed E-state index contributed by atoms with van der Waals surface area (Å²) in [5, 5.41) is 24.1. The van der Waals surface area contributed by atoms with Gasteiger partial charge in [-0.2, -0.15) is 0 Å². The number of nitrogens with two attached hydrogens (primary N) is 6. The van der Waals surface area contributed by atoms with Crippen molar-refractivity contribution in [2.24, 2.45) is 85.1 Å². The predicted molar refractivity (Wildman–Crippen MR) is 425 cm³/mol. The first-order valence-electron chi connectivity index (χ1n) is 40.4. The molecule has 13 rings (SSSR count). The van der Waals surface area contributed by atoms with Crippen molar-refractivity contribution >= 4 is 11.4 Å². The second-order valence-electron chi connectivity index (χ2n) is 36.0. The van der Waals surface area contributed by atoms with Gasteiger partial charge in [0.1, 0.15) is 14.2 Å². The van der Waals surface area contributed by atoms with Crippen molar-refractivity contribution in [2.45, 2.75) is 280 Å². The van der Waals surface area contributed by atoms with E-state index in [2.05, 4.69) is 210 Å². The van der Waals surface area contributed by atoms with E-state index >= 15 is 0 Å². The van der Waals surface area contributed by atoms with Gasteiger partial charge < -0.3 is 79.3 Å². The van der Waals surface area contributed by atoms with Gasteiger partial charge in [0, 0.05) is 219 Å². The molecule has 594 valence electrons. The predicted octanol–water partition coefficient (Wildman–Crippen LogP) is 5.17. The zero-order valence-corrected chi connectivity index (χ0v) is 69.2. The Morgan fingerprint density at radius 1 is 0.554 bits per heavy atom. The van der Waals surface area contributed by atoms with E-state index in [9.17, 15) is 0 Å². The molecule has 11 aliphatic heterocycles. The number of likely N-dealkylation sites (tertiary alicyclic amines) is 9. The monoisotopic (exact) mass is 1430 g/mol. The van der Waals surface area contributed by atoms with E-state index in [1.54, 1.807) is 14.2 Å². The SMILES string of the molecule is CC(C)N1CC(C)(N)C2(CC2)C1.CC(C)N1CC2NCCOC2C1.CC(C)N1CCC(C(C)(C)N)C1.CC(C)N1CCC(CN)C1.CC(C)N1CCC(N)C1.CC(C)N1CC[C@@H](O)C1.CC(C)N1C[C@@H]2C(N)[C@@H]2C1.CO/N=C1\CN(C(C)C)CC12CNC2.CO/N=C1\CN(C(C)C)CC1CN. The van der Waals surface area contributed by atoms with Crippen LogP contribution in [0.15, 0.2) is 10.3 Å². The summed E-state index contributed by atoms with van der Waals surface area (Å²) in [4.78, 5) is 31.8. The van der Waals surface area contributed by atoms with Crippen LogP contribution < -0.4 is 45.0 Å². The van der Waals surface area contributed by atoms with Crippen LogP contribution in [0.5, 0.6) is 0 Å². The van der Waals surface area contributed by atoms with Crippen molar-refractivity contribution in [3.05, 3.63) is 0 Å². The second-order valence-corrected chi connectivity index (χ2v) is 36.0. The molecular weight excluding hydrogens is 1270 g/mol. The first-order chi connectivity index (χ1) is 47.3. The number of β-amino-alcohol motifs (C(OH)–C–C–N with tert-alkyl or cyclic N) is 1. The quantitative estimate of drug-likeness (QED) is 0.101. The Labute approximate surface area is 619 Å². The molecule has 0 bridgehead atoms. The summed E-state index contributed by atoms with van der Waals surface area (Å²) in [7, 11) is 3.21. The highest BCUT2D eigenvalue weighted by atomic mass is 16.6. The minimum Gasteiger partial charge on any atom is -0.399 e. The minimum atomic E-state index is -0.0626. The van der Waals surface area contributed by atoms with Crippen LogP contribution >= 0.6 is 0 Å². The highest BCUT2D eigenvalue weighted by molar-refractivity contribution is 5.95. The number of oxime groups is 2. The average molecular weight is 1430 g/mol. The molecule has 0 aromatic rings. The van der Waals surface area contributed by atoms with Crippen LogP contribution in [0.2, 0.25) is 0 Å². The fourth-order valence-corrected chi connectivity index (χ4v) is 16.3. The lowest BCUT2D eigenvalue weighted by Gasteiger charge is -2.39. The lowest BCUT2D eigenvalue weighted by molar-refractivity contribution is 0.0169. The van der Waals surface area contributed by atoms with Crippen LogP contribution in [0.4, 0.5) is 0 Å². The third-order valence-electron chi connectivity index (χ3n) is 24.9. The smallest absolute Gasteiger partial charge is 0.106 e. The maximum absolute atomic E-state index is 9.11. The van der Waals surface area contributed by atoms with E-state index in [0.717, 1.165) is 134 Å². The maximum Gasteiger partial charge on any atom is 0.106 e. The summed E-state index contributed by atoms with van der Waals surface area (Å²) in [6.07, 6.45) is 7.78. The number of ether oxygens (including phenoxy) is 1. The van der Waals surface area contributed by atoms with Gasteiger partial charge in [-0.15, -0.1) is 0 Å². The normalized spacial score (nSPS) is 32.6. The molecule has 15 N–H and O–H groups in total. The summed E-state index contributed by atoms with van der Waals surface area (Å²) < 4.78 is 5.68. The minimum absolute atomic E-state index is 0.00361. The number of rotatable bonds is 14. The van der Waals surface area contributed by atoms with Gasteiger partial charge in [0.25, 0.3) is 0 Å². The van der Waals surface area contributed by atoms with Crippen molar-refractivity contribution in [3.63, 3.8) is 0 Å². The van der Waals surface area contributed by atoms with E-state index in [1.807, 2.05) is 0 Å². The summed E-state index contributed by atoms with van der Waals surface area (Å²) >= 11 is 0. The van der Waals surface area contributed by atoms with Crippen molar-refractivity contribution in [2.75, 3.05) is 171 Å². The molecular formula is C78H163N19O4. The molecule has 23 heteroatoms. The first kappa shape index (κ1) is 89.8. The molecule has 23 nitrogen and oxygen atoms in total. The molecule has 2 aliphatic carbocycles. The Balaban J connectivity index is 0.000000205. The molecule has 2 spiro atoms. The molecule has 0 aromatic carbocycles. The fraction of sp³-hybridized carbons (Fsp3) is 0.974. The largest absolute Gasteiger partial charge is 0.399 e. The number of piperidine rings is 1. The van der Waals surface area contributed by atoms with Gasteiger partial charge in [0.05, 0.1) is 35.7 Å². The van der Waals surface area contributed by atoms with Gasteiger partial charge in [-0.25, -0.2) is 0 Å². The Morgan fingerprint density at radius 3 is 1.43 bits per heavy atom. The lowest BCUT2D eigenvalue weighted by atomic mass is 9.79. The van der Waals surface area contributed by atoms with Crippen LogP contribution in [-0.4, -0.2) is 328 Å². The topological polar surface area (TPSA) is 282 Å². The Kier molecular flexibility index (Phi) is 37.0. The highest BCUT2D eigenvalue weighted by Crippen LogP contribution is 2.57. The summed E-state index contributed by atoms with van der Waals surface area (Å²) in [6.45, 7) is 72.4. The first-order valence-corrected chi connectivity index (χ1v) is 40.4. The van der Waals surface area contributed by atoms with Gasteiger partial charge in [-0.3, -0.25) is 29.4 Å². The number of nitrogens with one attached hydrogen (secondary N) is 2. The number of fused-ring (bicyclic) bond motifs is 2. The van der Waals surface area contributed by atoms with E-state index in [-0.39, 0.29) is 22.6 Å². The van der Waals surface area contributed by atoms with Crippen LogP contribution in [0.1, 0.15) is 184 Å². The number of nitrogens with zero attached hydrogens (tertiary/aromatic N) is 11. The molecule has 8 unspecified atom stereocenters. The highest BCUT2D eigenvalue weighted by Gasteiger charge is 2.60. The molecule has 0 radical (unpaired) electrons. The Hall–Kier alpha value is -1.82. The fourth-order valence-electron chi connectivity index (χ4n) is 16.3. The van der Waals surface area contributed by atoms with Crippen molar-refractivity contribution in [1.29, 1.82) is 0 Å². The van der Waals surface area contributed by atoms with E-state index in [4.69, 9.17) is 53.9 Å². The molecule has 101 heavy (non-hydrogen) atoms. The van der Waals surface area contributed by atoms with Gasteiger partial charge in [-0.1, -0.05) is 10.3 Å². The van der Waals surface area contributed by atoms with Crippen LogP contribution in [0, 0.1) is 40.4 Å². The molecule has 11 atom stereocenters. The lowest BCUT2D eigenvalue weighted by Crippen LogP contribution is -2.58. The van der Waals surface area contributed by atoms with Crippen LogP contribution in [-0.2, 0) is 14.4 Å². The van der Waals surface area contributed by atoms with Gasteiger partial charge in [-0.05, 0) is 234 Å². The summed E-state index contributed by atoms with van der Waals surface area (Å²) in [5.41, 5.74) is 38.3.